The molecule has 0 aromatic carbocycles. The molecular formula is C22H46N2. The molecule has 24 heavy (non-hydrogen) atoms. The van der Waals surface area contributed by atoms with Gasteiger partial charge in [-0.05, 0) is 76.8 Å². The van der Waals surface area contributed by atoms with E-state index in [1.807, 2.05) is 0 Å². The van der Waals surface area contributed by atoms with E-state index in [2.05, 4.69) is 37.5 Å². The van der Waals surface area contributed by atoms with Gasteiger partial charge >= 0.3 is 0 Å². The fraction of sp³-hybridized carbons (Fsp3) is 1.00. The van der Waals surface area contributed by atoms with Crippen molar-refractivity contribution in [1.29, 1.82) is 0 Å². The van der Waals surface area contributed by atoms with E-state index in [-0.39, 0.29) is 0 Å². The van der Waals surface area contributed by atoms with Crippen molar-refractivity contribution < 1.29 is 0 Å². The van der Waals surface area contributed by atoms with Crippen molar-refractivity contribution in [3.05, 3.63) is 0 Å². The van der Waals surface area contributed by atoms with Gasteiger partial charge < -0.3 is 9.80 Å². The summed E-state index contributed by atoms with van der Waals surface area (Å²) in [5.74, 6) is 2.17. The molecule has 2 atom stereocenters. The summed E-state index contributed by atoms with van der Waals surface area (Å²) in [5, 5.41) is 0. The zero-order valence-electron chi connectivity index (χ0n) is 17.4. The highest BCUT2D eigenvalue weighted by Crippen LogP contribution is 2.41. The summed E-state index contributed by atoms with van der Waals surface area (Å²) >= 11 is 0. The smallest absolute Gasteiger partial charge is 0.00190 e. The zero-order valence-corrected chi connectivity index (χ0v) is 17.4. The van der Waals surface area contributed by atoms with Crippen molar-refractivity contribution in [1.82, 2.24) is 9.80 Å². The maximum absolute atomic E-state index is 2.56. The van der Waals surface area contributed by atoms with Gasteiger partial charge in [0.1, 0.15) is 0 Å². The van der Waals surface area contributed by atoms with Crippen molar-refractivity contribution >= 4 is 0 Å². The maximum atomic E-state index is 2.56. The first-order valence-electron chi connectivity index (χ1n) is 11.2. The first-order chi connectivity index (χ1) is 11.7. The second-order valence-electron chi connectivity index (χ2n) is 7.85. The molecule has 0 bridgehead atoms. The van der Waals surface area contributed by atoms with Gasteiger partial charge in [0.15, 0.2) is 0 Å². The highest BCUT2D eigenvalue weighted by molar-refractivity contribution is 4.80. The average molecular weight is 339 g/mol. The van der Waals surface area contributed by atoms with Crippen LogP contribution in [0.3, 0.4) is 0 Å². The molecule has 0 aromatic heterocycles. The van der Waals surface area contributed by atoms with Gasteiger partial charge in [0.2, 0.25) is 0 Å². The Bertz CT molecular complexity index is 243. The minimum atomic E-state index is 1.08. The van der Waals surface area contributed by atoms with Crippen molar-refractivity contribution in [2.45, 2.75) is 91.9 Å². The van der Waals surface area contributed by atoms with Gasteiger partial charge in [-0.25, -0.2) is 0 Å². The summed E-state index contributed by atoms with van der Waals surface area (Å²) in [6.07, 6.45) is 14.8. The third-order valence-electron chi connectivity index (χ3n) is 6.46. The Kier molecular flexibility index (Phi) is 12.9. The van der Waals surface area contributed by atoms with Gasteiger partial charge in [0, 0.05) is 0 Å². The maximum Gasteiger partial charge on any atom is -0.00190 e. The van der Waals surface area contributed by atoms with Crippen molar-refractivity contribution in [2.75, 3.05) is 39.3 Å². The van der Waals surface area contributed by atoms with E-state index in [0.717, 1.165) is 11.8 Å². The largest absolute Gasteiger partial charge is 0.304 e. The van der Waals surface area contributed by atoms with E-state index in [1.54, 1.807) is 0 Å². The van der Waals surface area contributed by atoms with Gasteiger partial charge in [-0.15, -0.1) is 0 Å². The van der Waals surface area contributed by atoms with Gasteiger partial charge in [-0.1, -0.05) is 66.2 Å². The normalized spacial score (nSPS) is 20.8. The predicted octanol–water partition coefficient (Wildman–Crippen LogP) is 5.82. The Hall–Kier alpha value is -0.0800. The van der Waals surface area contributed by atoms with Crippen LogP contribution in [0, 0.1) is 11.8 Å². The first kappa shape index (κ1) is 22.0. The van der Waals surface area contributed by atoms with E-state index in [1.165, 1.54) is 103 Å². The molecule has 1 aliphatic rings. The Morgan fingerprint density at radius 2 is 0.917 bits per heavy atom. The Balaban J connectivity index is 1.95. The molecule has 0 saturated heterocycles. The highest BCUT2D eigenvalue weighted by atomic mass is 15.1. The molecule has 144 valence electrons. The van der Waals surface area contributed by atoms with E-state index in [0.29, 0.717) is 0 Å². The van der Waals surface area contributed by atoms with Gasteiger partial charge in [-0.3, -0.25) is 0 Å². The summed E-state index contributed by atoms with van der Waals surface area (Å²) in [5.41, 5.74) is 0. The van der Waals surface area contributed by atoms with Crippen LogP contribution in [0.15, 0.2) is 0 Å². The topological polar surface area (TPSA) is 6.48 Å². The predicted molar refractivity (Wildman–Crippen MR) is 109 cm³/mol. The van der Waals surface area contributed by atoms with Crippen LogP contribution in [0.2, 0.25) is 0 Å². The number of rotatable bonds is 16. The Morgan fingerprint density at radius 1 is 0.542 bits per heavy atom. The highest BCUT2D eigenvalue weighted by Gasteiger charge is 2.29. The monoisotopic (exact) mass is 338 g/mol. The zero-order chi connectivity index (χ0) is 17.6. The number of hydrogen-bond acceptors (Lipinski definition) is 2. The van der Waals surface area contributed by atoms with Crippen LogP contribution in [0.4, 0.5) is 0 Å². The van der Waals surface area contributed by atoms with Crippen molar-refractivity contribution in [3.63, 3.8) is 0 Å². The lowest BCUT2D eigenvalue weighted by Gasteiger charge is -2.37. The molecule has 2 nitrogen and oxygen atoms in total. The van der Waals surface area contributed by atoms with Crippen LogP contribution >= 0.6 is 0 Å². The lowest BCUT2D eigenvalue weighted by Crippen LogP contribution is -2.26. The number of hydrogen-bond donors (Lipinski definition) is 0. The van der Waals surface area contributed by atoms with Crippen LogP contribution in [0.25, 0.3) is 0 Å². The molecule has 0 heterocycles. The Labute approximate surface area is 153 Å². The lowest BCUT2D eigenvalue weighted by atomic mass is 9.69. The fourth-order valence-corrected chi connectivity index (χ4v) is 4.32. The SMILES string of the molecule is CCN(CC)CCCCCC1CCC1CCCCCN(CC)CC. The van der Waals surface area contributed by atoms with Gasteiger partial charge in [0.25, 0.3) is 0 Å². The summed E-state index contributed by atoms with van der Waals surface area (Å²) in [6.45, 7) is 16.6. The molecule has 1 rings (SSSR count). The third kappa shape index (κ3) is 8.85. The van der Waals surface area contributed by atoms with Gasteiger partial charge in [0.05, 0.1) is 0 Å². The average Bonchev–Trinajstić information content (AvgIpc) is 2.59. The first-order valence-corrected chi connectivity index (χ1v) is 11.2. The molecule has 0 radical (unpaired) electrons. The lowest BCUT2D eigenvalue weighted by molar-refractivity contribution is 0.144. The minimum Gasteiger partial charge on any atom is -0.304 e. The summed E-state index contributed by atoms with van der Waals surface area (Å²) in [4.78, 5) is 5.12. The minimum absolute atomic E-state index is 1.08. The standard InChI is InChI=1S/C22H46N2/c1-5-23(6-2)19-13-9-11-15-21-17-18-22(21)16-12-10-14-20-24(7-3)8-4/h21-22H,5-20H2,1-4H3. The van der Waals surface area contributed by atoms with Crippen molar-refractivity contribution in [2.24, 2.45) is 11.8 Å². The van der Waals surface area contributed by atoms with Crippen LogP contribution < -0.4 is 0 Å². The molecule has 2 unspecified atom stereocenters. The molecule has 0 amide bonds. The molecule has 0 aliphatic heterocycles. The summed E-state index contributed by atoms with van der Waals surface area (Å²) in [7, 11) is 0. The second kappa shape index (κ2) is 14.1. The van der Waals surface area contributed by atoms with Crippen LogP contribution in [0.1, 0.15) is 91.9 Å². The fourth-order valence-electron chi connectivity index (χ4n) is 4.32. The molecule has 0 spiro atoms. The summed E-state index contributed by atoms with van der Waals surface area (Å²) < 4.78 is 0. The van der Waals surface area contributed by atoms with E-state index in [9.17, 15) is 0 Å². The van der Waals surface area contributed by atoms with Crippen LogP contribution in [-0.2, 0) is 0 Å². The van der Waals surface area contributed by atoms with E-state index >= 15 is 0 Å². The molecular weight excluding hydrogens is 292 g/mol. The molecule has 1 aliphatic carbocycles. The second-order valence-corrected chi connectivity index (χ2v) is 7.85. The third-order valence-corrected chi connectivity index (χ3v) is 6.46. The van der Waals surface area contributed by atoms with E-state index < -0.39 is 0 Å². The molecule has 1 fully saturated rings. The summed E-state index contributed by atoms with van der Waals surface area (Å²) in [6, 6.07) is 0. The molecule has 2 heteroatoms. The Morgan fingerprint density at radius 3 is 1.21 bits per heavy atom. The van der Waals surface area contributed by atoms with Crippen LogP contribution in [0.5, 0.6) is 0 Å². The quantitative estimate of drug-likeness (QED) is 0.327. The van der Waals surface area contributed by atoms with Gasteiger partial charge in [-0.2, -0.15) is 0 Å². The van der Waals surface area contributed by atoms with Crippen LogP contribution in [-0.4, -0.2) is 49.1 Å². The number of unbranched alkanes of at least 4 members (excludes halogenated alkanes) is 4. The molecule has 1 saturated carbocycles. The van der Waals surface area contributed by atoms with Crippen molar-refractivity contribution in [3.8, 4) is 0 Å². The molecule has 0 aromatic rings. The number of nitrogens with zero attached hydrogens (tertiary/aromatic N) is 2. The van der Waals surface area contributed by atoms with E-state index in [4.69, 9.17) is 0 Å². The molecule has 0 N–H and O–H groups in total.